The van der Waals surface area contributed by atoms with Crippen LogP contribution in [-0.2, 0) is 4.74 Å². The standard InChI is InChI=1S/C20H17Cl2N3O2/c21-15-6-7-18(16(22)12-15)25-19(14-4-2-1-3-5-14)13-17(23-25)20(26)24-8-10-27-11-9-24/h1-7,12-13H,8-11H2. The molecule has 2 heterocycles. The predicted molar refractivity (Wildman–Crippen MR) is 106 cm³/mol. The molecule has 5 nitrogen and oxygen atoms in total. The number of morpholine rings is 1. The summed E-state index contributed by atoms with van der Waals surface area (Å²) in [5.74, 6) is -0.112. The summed E-state index contributed by atoms with van der Waals surface area (Å²) in [6, 6.07) is 16.8. The van der Waals surface area contributed by atoms with Gasteiger partial charge in [-0.3, -0.25) is 4.79 Å². The van der Waals surface area contributed by atoms with Gasteiger partial charge in [0.1, 0.15) is 0 Å². The Morgan fingerprint density at radius 2 is 1.74 bits per heavy atom. The maximum absolute atomic E-state index is 12.9. The number of rotatable bonds is 3. The minimum absolute atomic E-state index is 0.112. The van der Waals surface area contributed by atoms with Gasteiger partial charge in [0.25, 0.3) is 5.91 Å². The lowest BCUT2D eigenvalue weighted by atomic mass is 10.1. The van der Waals surface area contributed by atoms with Gasteiger partial charge in [0.05, 0.1) is 29.6 Å². The maximum atomic E-state index is 12.9. The van der Waals surface area contributed by atoms with Crippen LogP contribution in [0.25, 0.3) is 16.9 Å². The molecule has 1 fully saturated rings. The van der Waals surface area contributed by atoms with Gasteiger partial charge in [-0.1, -0.05) is 53.5 Å². The molecule has 2 aromatic carbocycles. The number of halogens is 2. The van der Waals surface area contributed by atoms with E-state index in [9.17, 15) is 4.79 Å². The van der Waals surface area contributed by atoms with Crippen LogP contribution in [0.1, 0.15) is 10.5 Å². The number of ether oxygens (including phenoxy) is 1. The number of hydrogen-bond donors (Lipinski definition) is 0. The van der Waals surface area contributed by atoms with Crippen molar-refractivity contribution in [3.63, 3.8) is 0 Å². The van der Waals surface area contributed by atoms with Crippen LogP contribution in [-0.4, -0.2) is 46.9 Å². The van der Waals surface area contributed by atoms with Crippen LogP contribution in [0, 0.1) is 0 Å². The van der Waals surface area contributed by atoms with Gasteiger partial charge in [0.15, 0.2) is 5.69 Å². The highest BCUT2D eigenvalue weighted by atomic mass is 35.5. The SMILES string of the molecule is O=C(c1cc(-c2ccccc2)n(-c2ccc(Cl)cc2Cl)n1)N1CCOCC1. The zero-order valence-corrected chi connectivity index (χ0v) is 16.0. The van der Waals surface area contributed by atoms with Crippen molar-refractivity contribution >= 4 is 29.1 Å². The molecule has 0 radical (unpaired) electrons. The average molecular weight is 402 g/mol. The normalized spacial score (nSPS) is 14.4. The summed E-state index contributed by atoms with van der Waals surface area (Å²) < 4.78 is 7.03. The number of carbonyl (C=O) groups is 1. The molecule has 7 heteroatoms. The van der Waals surface area contributed by atoms with E-state index in [2.05, 4.69) is 5.10 Å². The Labute approximate surface area is 167 Å². The van der Waals surface area contributed by atoms with E-state index in [-0.39, 0.29) is 5.91 Å². The van der Waals surface area contributed by atoms with Crippen molar-refractivity contribution in [2.75, 3.05) is 26.3 Å². The summed E-state index contributed by atoms with van der Waals surface area (Å²) in [6.07, 6.45) is 0. The first-order chi connectivity index (χ1) is 13.1. The molecule has 0 aliphatic carbocycles. The molecule has 0 N–H and O–H groups in total. The lowest BCUT2D eigenvalue weighted by molar-refractivity contribution is 0.0298. The Balaban J connectivity index is 1.81. The average Bonchev–Trinajstić information content (AvgIpc) is 3.14. The third-order valence-corrected chi connectivity index (χ3v) is 4.97. The zero-order chi connectivity index (χ0) is 18.8. The Kier molecular flexibility index (Phi) is 5.16. The van der Waals surface area contributed by atoms with Crippen molar-refractivity contribution in [2.24, 2.45) is 0 Å². The summed E-state index contributed by atoms with van der Waals surface area (Å²) in [5.41, 5.74) is 2.77. The molecule has 0 unspecified atom stereocenters. The van der Waals surface area contributed by atoms with Crippen LogP contribution in [0.2, 0.25) is 10.0 Å². The van der Waals surface area contributed by atoms with Crippen LogP contribution >= 0.6 is 23.2 Å². The van der Waals surface area contributed by atoms with Crippen molar-refractivity contribution in [3.8, 4) is 16.9 Å². The topological polar surface area (TPSA) is 47.4 Å². The van der Waals surface area contributed by atoms with Crippen LogP contribution in [0.3, 0.4) is 0 Å². The summed E-state index contributed by atoms with van der Waals surface area (Å²) >= 11 is 12.4. The molecule has 138 valence electrons. The molecule has 1 aromatic heterocycles. The van der Waals surface area contributed by atoms with Gasteiger partial charge in [0, 0.05) is 23.7 Å². The molecular formula is C20H17Cl2N3O2. The molecule has 1 aliphatic heterocycles. The number of nitrogens with zero attached hydrogens (tertiary/aromatic N) is 3. The first kappa shape index (κ1) is 18.0. The number of amides is 1. The highest BCUT2D eigenvalue weighted by Gasteiger charge is 2.23. The van der Waals surface area contributed by atoms with Crippen LogP contribution < -0.4 is 0 Å². The number of benzene rings is 2. The minimum atomic E-state index is -0.112. The van der Waals surface area contributed by atoms with E-state index in [1.54, 1.807) is 33.8 Å². The summed E-state index contributed by atoms with van der Waals surface area (Å²) in [6.45, 7) is 2.21. The second kappa shape index (κ2) is 7.72. The molecule has 0 spiro atoms. The quantitative estimate of drug-likeness (QED) is 0.656. The number of carbonyl (C=O) groups excluding carboxylic acids is 1. The summed E-state index contributed by atoms with van der Waals surface area (Å²) in [4.78, 5) is 14.7. The highest BCUT2D eigenvalue weighted by molar-refractivity contribution is 6.35. The van der Waals surface area contributed by atoms with E-state index in [1.807, 2.05) is 30.3 Å². The Morgan fingerprint density at radius 1 is 1.00 bits per heavy atom. The lowest BCUT2D eigenvalue weighted by Crippen LogP contribution is -2.40. The minimum Gasteiger partial charge on any atom is -0.378 e. The number of aromatic nitrogens is 2. The molecule has 1 aliphatic rings. The molecule has 27 heavy (non-hydrogen) atoms. The van der Waals surface area contributed by atoms with Gasteiger partial charge in [0.2, 0.25) is 0 Å². The summed E-state index contributed by atoms with van der Waals surface area (Å²) in [5, 5.41) is 5.59. The van der Waals surface area contributed by atoms with E-state index < -0.39 is 0 Å². The van der Waals surface area contributed by atoms with Crippen LogP contribution in [0.5, 0.6) is 0 Å². The van der Waals surface area contributed by atoms with E-state index in [1.165, 1.54) is 0 Å². The first-order valence-corrected chi connectivity index (χ1v) is 9.37. The largest absolute Gasteiger partial charge is 0.378 e. The molecule has 0 saturated carbocycles. The van der Waals surface area contributed by atoms with E-state index in [0.29, 0.717) is 47.7 Å². The van der Waals surface area contributed by atoms with Gasteiger partial charge in [-0.25, -0.2) is 4.68 Å². The third-order valence-electron chi connectivity index (χ3n) is 4.43. The van der Waals surface area contributed by atoms with Gasteiger partial charge < -0.3 is 9.64 Å². The molecule has 1 saturated heterocycles. The third kappa shape index (κ3) is 3.72. The fraction of sp³-hybridized carbons (Fsp3) is 0.200. The van der Waals surface area contributed by atoms with Crippen molar-refractivity contribution in [1.82, 2.24) is 14.7 Å². The van der Waals surface area contributed by atoms with Gasteiger partial charge in [-0.15, -0.1) is 0 Å². The second-order valence-corrected chi connectivity index (χ2v) is 7.04. The zero-order valence-electron chi connectivity index (χ0n) is 14.4. The van der Waals surface area contributed by atoms with E-state index in [4.69, 9.17) is 27.9 Å². The fourth-order valence-corrected chi connectivity index (χ4v) is 3.55. The van der Waals surface area contributed by atoms with Crippen LogP contribution in [0.15, 0.2) is 54.6 Å². The lowest BCUT2D eigenvalue weighted by Gasteiger charge is -2.25. The van der Waals surface area contributed by atoms with E-state index >= 15 is 0 Å². The Bertz CT molecular complexity index is 967. The maximum Gasteiger partial charge on any atom is 0.274 e. The molecule has 0 atom stereocenters. The molecule has 0 bridgehead atoms. The van der Waals surface area contributed by atoms with Crippen molar-refractivity contribution in [1.29, 1.82) is 0 Å². The Morgan fingerprint density at radius 3 is 2.44 bits per heavy atom. The molecule has 4 rings (SSSR count). The van der Waals surface area contributed by atoms with Crippen molar-refractivity contribution < 1.29 is 9.53 Å². The molecule has 1 amide bonds. The van der Waals surface area contributed by atoms with Crippen LogP contribution in [0.4, 0.5) is 0 Å². The van der Waals surface area contributed by atoms with E-state index in [0.717, 1.165) is 11.3 Å². The predicted octanol–water partition coefficient (Wildman–Crippen LogP) is 4.32. The monoisotopic (exact) mass is 401 g/mol. The van der Waals surface area contributed by atoms with Gasteiger partial charge >= 0.3 is 0 Å². The van der Waals surface area contributed by atoms with Crippen molar-refractivity contribution in [3.05, 3.63) is 70.3 Å². The fourth-order valence-electron chi connectivity index (χ4n) is 3.07. The highest BCUT2D eigenvalue weighted by Crippen LogP contribution is 2.30. The smallest absolute Gasteiger partial charge is 0.274 e. The Hall–Kier alpha value is -2.34. The second-order valence-electron chi connectivity index (χ2n) is 6.19. The van der Waals surface area contributed by atoms with Crippen molar-refractivity contribution in [2.45, 2.75) is 0 Å². The van der Waals surface area contributed by atoms with Gasteiger partial charge in [-0.05, 0) is 24.3 Å². The molecular weight excluding hydrogens is 385 g/mol. The first-order valence-electron chi connectivity index (χ1n) is 8.61. The number of hydrogen-bond acceptors (Lipinski definition) is 3. The summed E-state index contributed by atoms with van der Waals surface area (Å²) in [7, 11) is 0. The van der Waals surface area contributed by atoms with Gasteiger partial charge in [-0.2, -0.15) is 5.10 Å². The molecule has 3 aromatic rings.